The van der Waals surface area contributed by atoms with Crippen LogP contribution in [0.15, 0.2) is 24.7 Å². The number of aromatic nitrogens is 5. The van der Waals surface area contributed by atoms with Crippen molar-refractivity contribution in [1.82, 2.24) is 24.7 Å². The fourth-order valence-corrected chi connectivity index (χ4v) is 4.36. The van der Waals surface area contributed by atoms with Gasteiger partial charge in [0.05, 0.1) is 38.4 Å². The number of hydrogen-bond donors (Lipinski definition) is 0. The quantitative estimate of drug-likeness (QED) is 0.647. The van der Waals surface area contributed by atoms with Gasteiger partial charge in [-0.3, -0.25) is 0 Å². The number of fused-ring (bicyclic) bond motifs is 2. The summed E-state index contributed by atoms with van der Waals surface area (Å²) >= 11 is 0. The molecular weight excluding hydrogens is 382 g/mol. The predicted octanol–water partition coefficient (Wildman–Crippen LogP) is 1.83. The molecule has 150 valence electrons. The minimum absolute atomic E-state index is 0.141. The first-order valence-corrected chi connectivity index (χ1v) is 9.64. The molecule has 10 heteroatoms. The molecule has 3 aromatic heterocycles. The van der Waals surface area contributed by atoms with Gasteiger partial charge in [-0.1, -0.05) is 0 Å². The maximum absolute atomic E-state index is 13.6. The third kappa shape index (κ3) is 2.81. The van der Waals surface area contributed by atoms with Crippen molar-refractivity contribution in [1.29, 1.82) is 0 Å². The van der Waals surface area contributed by atoms with E-state index < -0.39 is 11.6 Å². The van der Waals surface area contributed by atoms with Crippen molar-refractivity contribution in [2.24, 2.45) is 17.8 Å². The predicted molar refractivity (Wildman–Crippen MR) is 97.5 cm³/mol. The average Bonchev–Trinajstić information content (AvgIpc) is 3.02. The zero-order chi connectivity index (χ0) is 19.5. The zero-order valence-corrected chi connectivity index (χ0v) is 15.4. The number of halogens is 2. The van der Waals surface area contributed by atoms with Crippen molar-refractivity contribution in [3.63, 3.8) is 0 Å². The first-order valence-electron chi connectivity index (χ1n) is 9.64. The van der Waals surface area contributed by atoms with Gasteiger partial charge in [0.25, 0.3) is 5.88 Å². The Labute approximate surface area is 164 Å². The van der Waals surface area contributed by atoms with Crippen molar-refractivity contribution < 1.29 is 18.3 Å². The van der Waals surface area contributed by atoms with Crippen LogP contribution in [0.3, 0.4) is 0 Å². The van der Waals surface area contributed by atoms with E-state index in [1.54, 1.807) is 12.4 Å². The van der Waals surface area contributed by atoms with Gasteiger partial charge in [-0.15, -0.1) is 0 Å². The highest BCUT2D eigenvalue weighted by Crippen LogP contribution is 2.52. The standard InChI is InChI=1S/C19H18F2N6O2/c20-10-1-15(21)19(23-2-10)29-9-14-12-5-26(6-13(12)14)17-4-22-16-3-24-27(18(16)25-17)11-7-28-8-11/h1-4,11-14H,5-9H2/t12-,13+,14?. The summed E-state index contributed by atoms with van der Waals surface area (Å²) in [6.45, 7) is 3.42. The number of rotatable bonds is 5. The Morgan fingerprint density at radius 2 is 1.93 bits per heavy atom. The zero-order valence-electron chi connectivity index (χ0n) is 15.4. The summed E-state index contributed by atoms with van der Waals surface area (Å²) in [5.41, 5.74) is 1.57. The summed E-state index contributed by atoms with van der Waals surface area (Å²) in [6, 6.07) is 1.01. The molecule has 0 N–H and O–H groups in total. The molecular formula is C19H18F2N6O2. The monoisotopic (exact) mass is 400 g/mol. The molecule has 5 heterocycles. The van der Waals surface area contributed by atoms with Gasteiger partial charge in [-0.2, -0.15) is 5.10 Å². The molecule has 1 unspecified atom stereocenters. The molecule has 0 aromatic carbocycles. The summed E-state index contributed by atoms with van der Waals surface area (Å²) in [5, 5.41) is 4.40. The molecule has 3 fully saturated rings. The van der Waals surface area contributed by atoms with Crippen molar-refractivity contribution in [2.45, 2.75) is 6.04 Å². The first kappa shape index (κ1) is 17.0. The maximum atomic E-state index is 13.6. The highest BCUT2D eigenvalue weighted by Gasteiger charge is 2.56. The molecule has 3 atom stereocenters. The van der Waals surface area contributed by atoms with Crippen LogP contribution in [0.5, 0.6) is 5.88 Å². The molecule has 2 saturated heterocycles. The Balaban J connectivity index is 1.11. The van der Waals surface area contributed by atoms with E-state index >= 15 is 0 Å². The molecule has 1 saturated carbocycles. The molecule has 2 aliphatic heterocycles. The third-order valence-electron chi connectivity index (χ3n) is 6.14. The topological polar surface area (TPSA) is 78.2 Å². The van der Waals surface area contributed by atoms with Gasteiger partial charge in [-0.25, -0.2) is 28.4 Å². The number of nitrogens with zero attached hydrogens (tertiary/aromatic N) is 6. The summed E-state index contributed by atoms with van der Waals surface area (Å²) in [5.74, 6) is 0.525. The molecule has 0 bridgehead atoms. The second-order valence-corrected chi connectivity index (χ2v) is 7.87. The lowest BCUT2D eigenvalue weighted by molar-refractivity contribution is -0.0269. The van der Waals surface area contributed by atoms with E-state index in [1.807, 2.05) is 4.68 Å². The molecule has 0 amide bonds. The van der Waals surface area contributed by atoms with Crippen molar-refractivity contribution in [3.8, 4) is 5.88 Å². The molecule has 29 heavy (non-hydrogen) atoms. The van der Waals surface area contributed by atoms with Crippen LogP contribution < -0.4 is 9.64 Å². The van der Waals surface area contributed by atoms with Crippen molar-refractivity contribution >= 4 is 17.0 Å². The molecule has 0 radical (unpaired) electrons. The highest BCUT2D eigenvalue weighted by atomic mass is 19.1. The van der Waals surface area contributed by atoms with Gasteiger partial charge < -0.3 is 14.4 Å². The van der Waals surface area contributed by atoms with E-state index in [0.29, 0.717) is 37.6 Å². The molecule has 1 aliphatic carbocycles. The minimum atomic E-state index is -0.769. The Hall–Kier alpha value is -2.88. The lowest BCUT2D eigenvalue weighted by atomic mass is 10.2. The van der Waals surface area contributed by atoms with Gasteiger partial charge in [0.15, 0.2) is 11.5 Å². The SMILES string of the molecule is Fc1cnc(OCC2[C@H]3CN(c4cnc5cnn(C6COC6)c5n4)C[C@@H]23)c(F)c1. The Morgan fingerprint density at radius 3 is 2.66 bits per heavy atom. The highest BCUT2D eigenvalue weighted by molar-refractivity contribution is 5.71. The van der Waals surface area contributed by atoms with Crippen LogP contribution in [0.1, 0.15) is 6.04 Å². The second-order valence-electron chi connectivity index (χ2n) is 7.87. The smallest absolute Gasteiger partial charge is 0.250 e. The summed E-state index contributed by atoms with van der Waals surface area (Å²) in [4.78, 5) is 15.2. The number of hydrogen-bond acceptors (Lipinski definition) is 7. The van der Waals surface area contributed by atoms with E-state index in [1.165, 1.54) is 0 Å². The maximum Gasteiger partial charge on any atom is 0.250 e. The van der Waals surface area contributed by atoms with Crippen LogP contribution in [0.2, 0.25) is 0 Å². The van der Waals surface area contributed by atoms with E-state index in [2.05, 4.69) is 20.0 Å². The van der Waals surface area contributed by atoms with Crippen LogP contribution in [-0.4, -0.2) is 57.6 Å². The van der Waals surface area contributed by atoms with E-state index in [0.717, 1.165) is 42.3 Å². The van der Waals surface area contributed by atoms with Gasteiger partial charge in [0.1, 0.15) is 23.2 Å². The van der Waals surface area contributed by atoms with Gasteiger partial charge in [0, 0.05) is 25.1 Å². The second kappa shape index (κ2) is 6.31. The molecule has 3 aliphatic rings. The largest absolute Gasteiger partial charge is 0.475 e. The van der Waals surface area contributed by atoms with Gasteiger partial charge in [-0.05, 0) is 11.8 Å². The lowest BCUT2D eigenvalue weighted by Gasteiger charge is -2.26. The number of ether oxygens (including phenoxy) is 2. The van der Waals surface area contributed by atoms with Crippen molar-refractivity contribution in [2.75, 3.05) is 37.8 Å². The fraction of sp³-hybridized carbons (Fsp3) is 0.474. The van der Waals surface area contributed by atoms with Crippen LogP contribution in [0.4, 0.5) is 14.6 Å². The summed E-state index contributed by atoms with van der Waals surface area (Å²) in [6.07, 6.45) is 4.49. The van der Waals surface area contributed by atoms with Crippen LogP contribution in [0, 0.1) is 29.4 Å². The molecule has 0 spiro atoms. The van der Waals surface area contributed by atoms with E-state index in [9.17, 15) is 8.78 Å². The van der Waals surface area contributed by atoms with Crippen LogP contribution in [0.25, 0.3) is 11.2 Å². The molecule has 8 nitrogen and oxygen atoms in total. The molecule has 6 rings (SSSR count). The number of piperidine rings is 1. The summed E-state index contributed by atoms with van der Waals surface area (Å²) in [7, 11) is 0. The van der Waals surface area contributed by atoms with Gasteiger partial charge in [0.2, 0.25) is 0 Å². The van der Waals surface area contributed by atoms with Crippen LogP contribution >= 0.6 is 0 Å². The number of pyridine rings is 1. The molecule has 3 aromatic rings. The fourth-order valence-electron chi connectivity index (χ4n) is 4.36. The first-order chi connectivity index (χ1) is 14.2. The van der Waals surface area contributed by atoms with E-state index in [-0.39, 0.29) is 11.9 Å². The Kier molecular flexibility index (Phi) is 3.70. The minimum Gasteiger partial charge on any atom is -0.475 e. The van der Waals surface area contributed by atoms with Crippen LogP contribution in [-0.2, 0) is 4.74 Å². The average molecular weight is 400 g/mol. The lowest BCUT2D eigenvalue weighted by Crippen LogP contribution is -2.31. The third-order valence-corrected chi connectivity index (χ3v) is 6.14. The van der Waals surface area contributed by atoms with Crippen molar-refractivity contribution in [3.05, 3.63) is 36.3 Å². The van der Waals surface area contributed by atoms with Gasteiger partial charge >= 0.3 is 0 Å². The summed E-state index contributed by atoms with van der Waals surface area (Å²) < 4.78 is 39.2. The normalized spacial score (nSPS) is 25.9. The number of anilines is 1. The Morgan fingerprint density at radius 1 is 1.10 bits per heavy atom. The Bertz CT molecular complexity index is 1080. The van der Waals surface area contributed by atoms with E-state index in [4.69, 9.17) is 14.5 Å².